The second-order valence-corrected chi connectivity index (χ2v) is 15.9. The van der Waals surface area contributed by atoms with Crippen molar-refractivity contribution in [2.24, 2.45) is 0 Å². The van der Waals surface area contributed by atoms with Gasteiger partial charge in [-0.3, -0.25) is 19.9 Å². The van der Waals surface area contributed by atoms with Crippen LogP contribution in [0.2, 0.25) is 0 Å². The van der Waals surface area contributed by atoms with E-state index >= 15 is 0 Å². The van der Waals surface area contributed by atoms with Gasteiger partial charge in [0.2, 0.25) is 0 Å². The molecule has 5 heterocycles. The Balaban J connectivity index is 1.01. The lowest BCUT2D eigenvalue weighted by Gasteiger charge is -2.13. The molecule has 5 nitrogen and oxygen atoms in total. The van der Waals surface area contributed by atoms with Crippen LogP contribution in [0.15, 0.2) is 225 Å². The van der Waals surface area contributed by atoms with E-state index in [0.717, 1.165) is 50.2 Å². The third-order valence-electron chi connectivity index (χ3n) is 12.4. The first kappa shape index (κ1) is 36.3. The molecule has 5 heteroatoms. The molecule has 63 heavy (non-hydrogen) atoms. The SMILES string of the molecule is c1ccc(-n2c3ccc(-c4ccc(-c5cncc(-c6ccncc6)c5)c5ccccc45)cc3c3cc(-c4ccc(-c5cncc(-c6ccncc6)c5)c5ccccc45)ccc32)cc1. The van der Waals surface area contributed by atoms with Crippen molar-refractivity contribution in [3.8, 4) is 72.4 Å². The summed E-state index contributed by atoms with van der Waals surface area (Å²) in [6, 6.07) is 63.6. The lowest BCUT2D eigenvalue weighted by molar-refractivity contribution is 1.18. The topological polar surface area (TPSA) is 56.5 Å². The summed E-state index contributed by atoms with van der Waals surface area (Å²) in [5, 5.41) is 7.18. The smallest absolute Gasteiger partial charge is 0.0541 e. The lowest BCUT2D eigenvalue weighted by Crippen LogP contribution is -1.93. The van der Waals surface area contributed by atoms with Crippen LogP contribution in [0.1, 0.15) is 0 Å². The largest absolute Gasteiger partial charge is 0.309 e. The van der Waals surface area contributed by atoms with Crippen molar-refractivity contribution in [2.45, 2.75) is 0 Å². The molecule has 0 atom stereocenters. The zero-order valence-electron chi connectivity index (χ0n) is 34.1. The predicted octanol–water partition coefficient (Wildman–Crippen LogP) is 14.7. The highest BCUT2D eigenvalue weighted by Gasteiger charge is 2.18. The van der Waals surface area contributed by atoms with E-state index < -0.39 is 0 Å². The first-order valence-corrected chi connectivity index (χ1v) is 21.1. The lowest BCUT2D eigenvalue weighted by atomic mass is 9.91. The van der Waals surface area contributed by atoms with Crippen molar-refractivity contribution >= 4 is 43.4 Å². The van der Waals surface area contributed by atoms with Crippen molar-refractivity contribution in [2.75, 3.05) is 0 Å². The normalized spacial score (nSPS) is 11.5. The predicted molar refractivity (Wildman–Crippen MR) is 260 cm³/mol. The minimum Gasteiger partial charge on any atom is -0.309 e. The molecule has 0 aliphatic heterocycles. The van der Waals surface area contributed by atoms with E-state index in [1.54, 1.807) is 0 Å². The molecule has 0 saturated carbocycles. The molecule has 0 fully saturated rings. The Bertz CT molecular complexity index is 3450. The zero-order valence-corrected chi connectivity index (χ0v) is 34.1. The molecule has 5 aromatic heterocycles. The van der Waals surface area contributed by atoms with E-state index in [-0.39, 0.29) is 0 Å². The third kappa shape index (κ3) is 6.34. The van der Waals surface area contributed by atoms with Gasteiger partial charge in [-0.1, -0.05) is 103 Å². The molecular weight excluding hydrogens is 767 g/mol. The van der Waals surface area contributed by atoms with Crippen molar-refractivity contribution in [3.63, 3.8) is 0 Å². The van der Waals surface area contributed by atoms with Gasteiger partial charge in [0.25, 0.3) is 0 Å². The maximum absolute atomic E-state index is 4.67. The van der Waals surface area contributed by atoms with Crippen LogP contribution in [0, 0.1) is 0 Å². The summed E-state index contributed by atoms with van der Waals surface area (Å²) in [4.78, 5) is 17.7. The molecule has 0 unspecified atom stereocenters. The van der Waals surface area contributed by atoms with Gasteiger partial charge in [-0.25, -0.2) is 0 Å². The summed E-state index contributed by atoms with van der Waals surface area (Å²) in [5.74, 6) is 0. The van der Waals surface area contributed by atoms with Gasteiger partial charge in [0.05, 0.1) is 11.0 Å². The van der Waals surface area contributed by atoms with Gasteiger partial charge in [0.1, 0.15) is 0 Å². The molecule has 0 bridgehead atoms. The standard InChI is InChI=1S/C58H37N5/c1-2-8-46(9-3-1)63-57-20-14-40(47-16-18-49(53-12-6-4-10-51(47)53)44-30-42(34-61-36-44)38-22-26-59-27-23-38)32-55(57)56-33-41(15-21-58(56)63)48-17-19-50(54-13-7-5-11-52(48)54)45-31-43(35-62-37-45)39-24-28-60-29-25-39/h1-37H. The Morgan fingerprint density at radius 1 is 0.254 bits per heavy atom. The number of hydrogen-bond acceptors (Lipinski definition) is 4. The Kier molecular flexibility index (Phi) is 8.75. The second kappa shape index (κ2) is 15.2. The van der Waals surface area contributed by atoms with E-state index in [0.29, 0.717) is 0 Å². The molecule has 12 aromatic rings. The van der Waals surface area contributed by atoms with E-state index in [2.05, 4.69) is 176 Å². The Morgan fingerprint density at radius 2 is 0.635 bits per heavy atom. The zero-order chi connectivity index (χ0) is 41.7. The van der Waals surface area contributed by atoms with Crippen LogP contribution in [-0.2, 0) is 0 Å². The van der Waals surface area contributed by atoms with Crippen molar-refractivity contribution in [3.05, 3.63) is 225 Å². The first-order valence-electron chi connectivity index (χ1n) is 21.1. The van der Waals surface area contributed by atoms with Gasteiger partial charge in [0, 0.05) is 88.3 Å². The molecule has 0 N–H and O–H groups in total. The van der Waals surface area contributed by atoms with E-state index in [4.69, 9.17) is 0 Å². The number of rotatable bonds is 7. The first-order chi connectivity index (χ1) is 31.2. The van der Waals surface area contributed by atoms with Crippen LogP contribution in [0.4, 0.5) is 0 Å². The van der Waals surface area contributed by atoms with Gasteiger partial charge in [-0.05, 0) is 139 Å². The number of fused-ring (bicyclic) bond motifs is 5. The number of para-hydroxylation sites is 1. The van der Waals surface area contributed by atoms with Gasteiger partial charge < -0.3 is 4.57 Å². The fraction of sp³-hybridized carbons (Fsp3) is 0. The van der Waals surface area contributed by atoms with Gasteiger partial charge in [0.15, 0.2) is 0 Å². The van der Waals surface area contributed by atoms with Crippen LogP contribution in [0.25, 0.3) is 116 Å². The van der Waals surface area contributed by atoms with E-state index in [1.807, 2.05) is 73.8 Å². The molecule has 0 spiro atoms. The minimum atomic E-state index is 1.07. The van der Waals surface area contributed by atoms with Gasteiger partial charge in [-0.2, -0.15) is 0 Å². The van der Waals surface area contributed by atoms with E-state index in [1.165, 1.54) is 65.6 Å². The third-order valence-corrected chi connectivity index (χ3v) is 12.4. The fourth-order valence-electron chi connectivity index (χ4n) is 9.40. The summed E-state index contributed by atoms with van der Waals surface area (Å²) in [6.45, 7) is 0. The van der Waals surface area contributed by atoms with Crippen molar-refractivity contribution in [1.29, 1.82) is 0 Å². The molecule has 0 radical (unpaired) electrons. The number of hydrogen-bond donors (Lipinski definition) is 0. The number of benzene rings is 7. The fourth-order valence-corrected chi connectivity index (χ4v) is 9.40. The van der Waals surface area contributed by atoms with Gasteiger partial charge in [-0.15, -0.1) is 0 Å². The highest BCUT2D eigenvalue weighted by Crippen LogP contribution is 2.42. The summed E-state index contributed by atoms with van der Waals surface area (Å²) in [7, 11) is 0. The average molecular weight is 804 g/mol. The molecule has 0 aliphatic rings. The maximum Gasteiger partial charge on any atom is 0.0541 e. The van der Waals surface area contributed by atoms with Crippen molar-refractivity contribution < 1.29 is 0 Å². The Hall–Kier alpha value is -8.54. The van der Waals surface area contributed by atoms with Crippen LogP contribution >= 0.6 is 0 Å². The molecule has 12 rings (SSSR count). The number of nitrogens with zero attached hydrogens (tertiary/aromatic N) is 5. The van der Waals surface area contributed by atoms with E-state index in [9.17, 15) is 0 Å². The molecule has 0 saturated heterocycles. The Labute approximate surface area is 364 Å². The highest BCUT2D eigenvalue weighted by molar-refractivity contribution is 6.14. The quantitative estimate of drug-likeness (QED) is 0.161. The summed E-state index contributed by atoms with van der Waals surface area (Å²) < 4.78 is 2.40. The number of aromatic nitrogens is 5. The summed E-state index contributed by atoms with van der Waals surface area (Å²) >= 11 is 0. The van der Waals surface area contributed by atoms with Crippen LogP contribution in [0.3, 0.4) is 0 Å². The van der Waals surface area contributed by atoms with Gasteiger partial charge >= 0.3 is 0 Å². The maximum atomic E-state index is 4.67. The molecule has 0 aliphatic carbocycles. The Morgan fingerprint density at radius 3 is 1.06 bits per heavy atom. The molecule has 294 valence electrons. The van der Waals surface area contributed by atoms with Crippen molar-refractivity contribution in [1.82, 2.24) is 24.5 Å². The van der Waals surface area contributed by atoms with Crippen LogP contribution in [0.5, 0.6) is 0 Å². The summed E-state index contributed by atoms with van der Waals surface area (Å²) in [6.07, 6.45) is 15.1. The summed E-state index contributed by atoms with van der Waals surface area (Å²) in [5.41, 5.74) is 17.0. The average Bonchev–Trinajstić information content (AvgIpc) is 3.69. The highest BCUT2D eigenvalue weighted by atomic mass is 15.0. The molecular formula is C58H37N5. The van der Waals surface area contributed by atoms with Crippen LogP contribution < -0.4 is 0 Å². The monoisotopic (exact) mass is 803 g/mol. The minimum absolute atomic E-state index is 1.07. The molecule has 7 aromatic carbocycles. The molecule has 0 amide bonds. The van der Waals surface area contributed by atoms with Crippen LogP contribution in [-0.4, -0.2) is 24.5 Å². The second-order valence-electron chi connectivity index (χ2n) is 15.9. The number of pyridine rings is 4.